The van der Waals surface area contributed by atoms with E-state index in [2.05, 4.69) is 10.5 Å². The summed E-state index contributed by atoms with van der Waals surface area (Å²) in [6.45, 7) is 1.96. The fraction of sp³-hybridized carbons (Fsp3) is 0.0588. The Labute approximate surface area is 151 Å². The maximum Gasteiger partial charge on any atom is 0.283 e. The van der Waals surface area contributed by atoms with E-state index in [0.717, 1.165) is 15.6 Å². The van der Waals surface area contributed by atoms with Gasteiger partial charge in [-0.25, -0.2) is 5.43 Å². The highest BCUT2D eigenvalue weighted by Gasteiger charge is 2.17. The molecular formula is C17H12ClN3O3S. The van der Waals surface area contributed by atoms with Crippen LogP contribution in [0.5, 0.6) is 0 Å². The number of aryl methyl sites for hydroxylation is 1. The van der Waals surface area contributed by atoms with Crippen LogP contribution < -0.4 is 5.43 Å². The molecular weight excluding hydrogens is 362 g/mol. The molecule has 0 aliphatic carbocycles. The van der Waals surface area contributed by atoms with Crippen molar-refractivity contribution < 1.29 is 9.72 Å². The fourth-order valence-electron chi connectivity index (χ4n) is 2.29. The van der Waals surface area contributed by atoms with Crippen molar-refractivity contribution in [1.29, 1.82) is 0 Å². The molecule has 1 aromatic heterocycles. The van der Waals surface area contributed by atoms with Crippen LogP contribution in [0.4, 0.5) is 5.69 Å². The van der Waals surface area contributed by atoms with Gasteiger partial charge in [-0.05, 0) is 24.6 Å². The maximum absolute atomic E-state index is 12.3. The minimum Gasteiger partial charge on any atom is -0.266 e. The lowest BCUT2D eigenvalue weighted by molar-refractivity contribution is -0.385. The van der Waals surface area contributed by atoms with Crippen molar-refractivity contribution in [1.82, 2.24) is 5.43 Å². The van der Waals surface area contributed by atoms with E-state index in [-0.39, 0.29) is 5.69 Å². The smallest absolute Gasteiger partial charge is 0.266 e. The highest BCUT2D eigenvalue weighted by atomic mass is 35.5. The molecule has 0 fully saturated rings. The molecule has 6 nitrogen and oxygen atoms in total. The number of nitro groups is 1. The van der Waals surface area contributed by atoms with Crippen LogP contribution in [0.15, 0.2) is 47.6 Å². The van der Waals surface area contributed by atoms with Crippen LogP contribution in [0.1, 0.15) is 20.8 Å². The van der Waals surface area contributed by atoms with E-state index in [0.29, 0.717) is 15.5 Å². The molecule has 0 radical (unpaired) electrons. The largest absolute Gasteiger partial charge is 0.283 e. The first-order valence-electron chi connectivity index (χ1n) is 7.23. The van der Waals surface area contributed by atoms with Crippen LogP contribution in [-0.4, -0.2) is 17.0 Å². The number of rotatable bonds is 4. The van der Waals surface area contributed by atoms with Crippen LogP contribution in [0.25, 0.3) is 10.1 Å². The molecule has 126 valence electrons. The summed E-state index contributed by atoms with van der Waals surface area (Å²) in [5.74, 6) is -0.460. The average Bonchev–Trinajstić information content (AvgIpc) is 2.91. The molecule has 3 aromatic rings. The third-order valence-electron chi connectivity index (χ3n) is 3.49. The third kappa shape index (κ3) is 3.52. The third-order valence-corrected chi connectivity index (χ3v) is 5.15. The lowest BCUT2D eigenvalue weighted by Gasteiger charge is -1.98. The second kappa shape index (κ2) is 7.00. The second-order valence-corrected chi connectivity index (χ2v) is 6.69. The molecule has 1 heterocycles. The molecule has 0 atom stereocenters. The van der Waals surface area contributed by atoms with E-state index in [1.54, 1.807) is 18.2 Å². The number of amides is 1. The van der Waals surface area contributed by atoms with Crippen LogP contribution in [-0.2, 0) is 0 Å². The molecule has 2 aromatic carbocycles. The zero-order chi connectivity index (χ0) is 18.0. The number of thiophene rings is 1. The Morgan fingerprint density at radius 3 is 2.84 bits per heavy atom. The van der Waals surface area contributed by atoms with Crippen molar-refractivity contribution in [3.63, 3.8) is 0 Å². The van der Waals surface area contributed by atoms with Gasteiger partial charge in [-0.2, -0.15) is 5.10 Å². The minimum atomic E-state index is -0.506. The Bertz CT molecular complexity index is 1010. The number of hydrazone groups is 1. The number of carbonyl (C=O) groups excluding carboxylic acids is 1. The van der Waals surface area contributed by atoms with E-state index >= 15 is 0 Å². The molecule has 1 amide bonds. The summed E-state index contributed by atoms with van der Waals surface area (Å²) in [4.78, 5) is 23.1. The van der Waals surface area contributed by atoms with Gasteiger partial charge in [-0.3, -0.25) is 14.9 Å². The molecule has 0 bridgehead atoms. The van der Waals surface area contributed by atoms with Gasteiger partial charge in [0.15, 0.2) is 0 Å². The van der Waals surface area contributed by atoms with Crippen LogP contribution in [0, 0.1) is 17.0 Å². The summed E-state index contributed by atoms with van der Waals surface area (Å²) in [5.41, 5.74) is 3.65. The highest BCUT2D eigenvalue weighted by Crippen LogP contribution is 2.35. The molecule has 1 N–H and O–H groups in total. The van der Waals surface area contributed by atoms with Gasteiger partial charge in [0.05, 0.1) is 21.7 Å². The standard InChI is InChI=1S/C17H12ClN3O3S/c1-10-6-7-12-14(8-10)25-16(15(12)18)17(22)20-19-9-11-4-2-3-5-13(11)21(23)24/h2-9H,1H3,(H,20,22)/b19-9+. The molecule has 0 aliphatic rings. The predicted octanol–water partition coefficient (Wildman–Crippen LogP) is 4.54. The van der Waals surface area contributed by atoms with E-state index < -0.39 is 10.8 Å². The van der Waals surface area contributed by atoms with Gasteiger partial charge in [0.25, 0.3) is 11.6 Å². The SMILES string of the molecule is Cc1ccc2c(Cl)c(C(=O)N/N=C/c3ccccc3[N+](=O)[O-])sc2c1. The van der Waals surface area contributed by atoms with E-state index in [4.69, 9.17) is 11.6 Å². The maximum atomic E-state index is 12.3. The van der Waals surface area contributed by atoms with Gasteiger partial charge in [-0.15, -0.1) is 11.3 Å². The number of benzene rings is 2. The predicted molar refractivity (Wildman–Crippen MR) is 99.7 cm³/mol. The van der Waals surface area contributed by atoms with Gasteiger partial charge in [-0.1, -0.05) is 35.9 Å². The van der Waals surface area contributed by atoms with Crippen LogP contribution in [0.2, 0.25) is 5.02 Å². The number of carbonyl (C=O) groups is 1. The normalized spacial score (nSPS) is 11.1. The Morgan fingerprint density at radius 2 is 2.08 bits per heavy atom. The molecule has 0 saturated heterocycles. The van der Waals surface area contributed by atoms with Crippen molar-refractivity contribution in [2.45, 2.75) is 6.92 Å². The van der Waals surface area contributed by atoms with Crippen molar-refractivity contribution in [2.24, 2.45) is 5.10 Å². The van der Waals surface area contributed by atoms with E-state index in [1.807, 2.05) is 25.1 Å². The summed E-state index contributed by atoms with van der Waals surface area (Å²) in [5, 5.41) is 15.9. The lowest BCUT2D eigenvalue weighted by Crippen LogP contribution is -2.16. The molecule has 0 saturated carbocycles. The average molecular weight is 374 g/mol. The molecule has 3 rings (SSSR count). The number of nitrogens with one attached hydrogen (secondary N) is 1. The van der Waals surface area contributed by atoms with Gasteiger partial charge in [0.1, 0.15) is 4.88 Å². The fourth-order valence-corrected chi connectivity index (χ4v) is 3.80. The number of hydrogen-bond donors (Lipinski definition) is 1. The number of halogens is 1. The summed E-state index contributed by atoms with van der Waals surface area (Å²) >= 11 is 7.55. The van der Waals surface area contributed by atoms with E-state index in [9.17, 15) is 14.9 Å². The molecule has 8 heteroatoms. The number of fused-ring (bicyclic) bond motifs is 1. The first kappa shape index (κ1) is 17.1. The lowest BCUT2D eigenvalue weighted by atomic mass is 10.2. The minimum absolute atomic E-state index is 0.0872. The summed E-state index contributed by atoms with van der Waals surface area (Å²) < 4.78 is 0.915. The van der Waals surface area contributed by atoms with Gasteiger partial charge in [0.2, 0.25) is 0 Å². The molecule has 0 spiro atoms. The van der Waals surface area contributed by atoms with Crippen molar-refractivity contribution in [3.05, 3.63) is 73.6 Å². The summed E-state index contributed by atoms with van der Waals surface area (Å²) in [6.07, 6.45) is 1.24. The second-order valence-electron chi connectivity index (χ2n) is 5.26. The Morgan fingerprint density at radius 1 is 1.32 bits per heavy atom. The zero-order valence-corrected chi connectivity index (χ0v) is 14.6. The molecule has 0 aliphatic heterocycles. The quantitative estimate of drug-likeness (QED) is 0.414. The number of nitrogens with zero attached hydrogens (tertiary/aromatic N) is 2. The van der Waals surface area contributed by atoms with Crippen molar-refractivity contribution in [3.8, 4) is 0 Å². The van der Waals surface area contributed by atoms with Gasteiger partial charge < -0.3 is 0 Å². The van der Waals surface area contributed by atoms with Gasteiger partial charge in [0, 0.05) is 16.2 Å². The Kier molecular flexibility index (Phi) is 4.78. The Balaban J connectivity index is 1.82. The number of nitro benzene ring substituents is 1. The zero-order valence-electron chi connectivity index (χ0n) is 13.0. The van der Waals surface area contributed by atoms with Crippen molar-refractivity contribution in [2.75, 3.05) is 0 Å². The Hall–Kier alpha value is -2.77. The van der Waals surface area contributed by atoms with Crippen molar-refractivity contribution >= 4 is 50.8 Å². The van der Waals surface area contributed by atoms with E-state index in [1.165, 1.54) is 23.6 Å². The molecule has 0 unspecified atom stereocenters. The number of hydrogen-bond acceptors (Lipinski definition) is 5. The number of para-hydroxylation sites is 1. The topological polar surface area (TPSA) is 84.6 Å². The van der Waals surface area contributed by atoms with Gasteiger partial charge >= 0.3 is 0 Å². The first-order valence-corrected chi connectivity index (χ1v) is 8.42. The summed E-state index contributed by atoms with van der Waals surface area (Å²) in [7, 11) is 0. The monoisotopic (exact) mass is 373 g/mol. The van der Waals surface area contributed by atoms with Crippen LogP contribution in [0.3, 0.4) is 0 Å². The first-order chi connectivity index (χ1) is 12.0. The molecule has 25 heavy (non-hydrogen) atoms. The highest BCUT2D eigenvalue weighted by molar-refractivity contribution is 7.21. The van der Waals surface area contributed by atoms with Crippen LogP contribution >= 0.6 is 22.9 Å². The summed E-state index contributed by atoms with van der Waals surface area (Å²) in [6, 6.07) is 11.9.